The molecule has 0 spiro atoms. The van der Waals surface area contributed by atoms with Crippen LogP contribution in [-0.4, -0.2) is 4.70 Å². The zero-order chi connectivity index (χ0) is 59.9. The van der Waals surface area contributed by atoms with Crippen molar-refractivity contribution < 1.29 is 19.1 Å². The smallest absolute Gasteiger partial charge is 0.0654 e. The SMILES string of the molecule is CCCCCCC1=C(c2cc(CCCCCC)cc(CCCCCC)c2)[N+](=[N-])C(c2cc(CCCCCC)cc(CCCCCC)c2)=C1CCCC.CCCCCCCCCCCCCC[CH2][Ni][CH2]CCCCCCCCCCCCCC. The Morgan fingerprint density at radius 3 is 0.699 bits per heavy atom. The van der Waals surface area contributed by atoms with Crippen LogP contribution in [0.15, 0.2) is 47.5 Å². The Bertz CT molecular complexity index is 1780. The fourth-order valence-corrected chi connectivity index (χ4v) is 13.9. The first-order chi connectivity index (χ1) is 40.9. The number of rotatable bonds is 58. The molecule has 1 heterocycles. The average Bonchev–Trinajstić information content (AvgIpc) is 4.06. The van der Waals surface area contributed by atoms with Gasteiger partial charge in [-0.25, -0.2) is 4.70 Å². The zero-order valence-electron chi connectivity index (χ0n) is 57.3. The van der Waals surface area contributed by atoms with Crippen molar-refractivity contribution in [3.05, 3.63) is 86.5 Å². The van der Waals surface area contributed by atoms with Gasteiger partial charge in [0.2, 0.25) is 11.4 Å². The molecule has 0 fully saturated rings. The molecular weight excluding hydrogens is 1050 g/mol. The van der Waals surface area contributed by atoms with E-state index in [9.17, 15) is 5.53 Å². The molecule has 0 aliphatic carbocycles. The van der Waals surface area contributed by atoms with Crippen LogP contribution in [0, 0.1) is 0 Å². The third-order valence-corrected chi connectivity index (χ3v) is 19.4. The topological polar surface area (TPSA) is 25.3 Å². The molecule has 0 atom stereocenters. The minimum absolute atomic E-state index is 1.03. The quantitative estimate of drug-likeness (QED) is 0.0358. The van der Waals surface area contributed by atoms with Crippen molar-refractivity contribution in [3.63, 3.8) is 0 Å². The standard InChI is InChI=1S/C50H80N2.2C15H31.Ni/c1-7-13-19-24-29-41-35-42(30-25-20-14-8-2)38-45(37-41)49-47(33-18-12-6)48(34-28-23-17-11-5)50(52(49)51)46-39-43(31-26-21-15-9-3)36-44(40-46)32-27-22-16-10-4;2*1-3-5-7-9-11-13-15-14-12-10-8-6-4-2;/h35-40H,7-34H2,1-6H3;2*1,3-15H2,2H3;. The molecule has 0 saturated carbocycles. The summed E-state index contributed by atoms with van der Waals surface area (Å²) in [5, 5.41) is 2.87. The second-order valence-corrected chi connectivity index (χ2v) is 27.6. The van der Waals surface area contributed by atoms with Gasteiger partial charge >= 0.3 is 166 Å². The Hall–Kier alpha value is -1.99. The van der Waals surface area contributed by atoms with Gasteiger partial charge in [0.1, 0.15) is 0 Å². The van der Waals surface area contributed by atoms with Crippen molar-refractivity contribution in [2.24, 2.45) is 0 Å². The monoisotopic (exact) mass is 1190 g/mol. The van der Waals surface area contributed by atoms with Gasteiger partial charge in [-0.3, -0.25) is 0 Å². The van der Waals surface area contributed by atoms with Crippen molar-refractivity contribution in [1.29, 1.82) is 0 Å². The van der Waals surface area contributed by atoms with Gasteiger partial charge < -0.3 is 5.53 Å². The summed E-state index contributed by atoms with van der Waals surface area (Å²) in [6.07, 6.45) is 72.6. The van der Waals surface area contributed by atoms with Gasteiger partial charge in [0.05, 0.1) is 0 Å². The first-order valence-electron chi connectivity index (χ1n) is 37.6. The van der Waals surface area contributed by atoms with Gasteiger partial charge in [-0.05, 0) is 124 Å². The number of hydrogen-bond donors (Lipinski definition) is 0. The van der Waals surface area contributed by atoms with E-state index >= 15 is 0 Å². The second-order valence-electron chi connectivity index (χ2n) is 26.2. The van der Waals surface area contributed by atoms with Crippen molar-refractivity contribution in [2.45, 2.75) is 413 Å². The molecule has 2 nitrogen and oxygen atoms in total. The van der Waals surface area contributed by atoms with E-state index in [1.54, 1.807) is 4.70 Å². The number of benzene rings is 2. The summed E-state index contributed by atoms with van der Waals surface area (Å²) in [7, 11) is 0. The predicted octanol–water partition coefficient (Wildman–Crippen LogP) is 28.6. The van der Waals surface area contributed by atoms with Crippen molar-refractivity contribution in [2.75, 3.05) is 0 Å². The van der Waals surface area contributed by atoms with Crippen molar-refractivity contribution in [1.82, 2.24) is 0 Å². The Morgan fingerprint density at radius 2 is 0.446 bits per heavy atom. The Balaban J connectivity index is 0.000000649. The number of nitrogens with zero attached hydrogens (tertiary/aromatic N) is 2. The van der Waals surface area contributed by atoms with Gasteiger partial charge in [0.25, 0.3) is 0 Å². The fraction of sp³-hybridized carbons (Fsp3) is 0.800. The van der Waals surface area contributed by atoms with Gasteiger partial charge in [-0.2, -0.15) is 0 Å². The molecular formula is C80H142N2Ni. The summed E-state index contributed by atoms with van der Waals surface area (Å²) >= 11 is 2.04. The molecule has 0 saturated heterocycles. The summed E-state index contributed by atoms with van der Waals surface area (Å²) in [5.74, 6) is 0. The molecule has 0 radical (unpaired) electrons. The molecule has 1 aliphatic heterocycles. The third kappa shape index (κ3) is 38.8. The summed E-state index contributed by atoms with van der Waals surface area (Å²) in [6.45, 7) is 18.4. The maximum absolute atomic E-state index is 12.7. The number of unbranched alkanes of at least 4 members (excludes halogenated alkanes) is 40. The van der Waals surface area contributed by atoms with Gasteiger partial charge in [-0.15, -0.1) is 0 Å². The van der Waals surface area contributed by atoms with E-state index < -0.39 is 0 Å². The molecule has 0 unspecified atom stereocenters. The van der Waals surface area contributed by atoms with Gasteiger partial charge in [0, 0.05) is 22.3 Å². The number of hydrogen-bond acceptors (Lipinski definition) is 0. The third-order valence-electron chi connectivity index (χ3n) is 18.0. The average molecular weight is 1190 g/mol. The van der Waals surface area contributed by atoms with E-state index in [-0.39, 0.29) is 0 Å². The van der Waals surface area contributed by atoms with Crippen LogP contribution >= 0.6 is 0 Å². The van der Waals surface area contributed by atoms with E-state index in [0.717, 1.165) is 62.8 Å². The summed E-state index contributed by atoms with van der Waals surface area (Å²) in [5.41, 5.74) is 26.0. The summed E-state index contributed by atoms with van der Waals surface area (Å²) < 4.78 is 1.69. The molecule has 2 aromatic carbocycles. The van der Waals surface area contributed by atoms with E-state index in [1.165, 1.54) is 351 Å². The van der Waals surface area contributed by atoms with E-state index in [4.69, 9.17) is 0 Å². The Labute approximate surface area is 526 Å². The molecule has 0 bridgehead atoms. The molecule has 0 amide bonds. The minimum atomic E-state index is 1.03. The number of allylic oxidation sites excluding steroid dienone is 2. The summed E-state index contributed by atoms with van der Waals surface area (Å²) in [4.78, 5) is 0. The molecule has 482 valence electrons. The first kappa shape index (κ1) is 77.1. The van der Waals surface area contributed by atoms with Crippen LogP contribution in [0.25, 0.3) is 16.9 Å². The maximum atomic E-state index is 12.7. The Kier molecular flexibility index (Phi) is 52.5. The van der Waals surface area contributed by atoms with Crippen LogP contribution in [0.3, 0.4) is 0 Å². The van der Waals surface area contributed by atoms with Crippen molar-refractivity contribution in [3.8, 4) is 0 Å². The summed E-state index contributed by atoms with van der Waals surface area (Å²) in [6, 6.07) is 14.8. The fourth-order valence-electron chi connectivity index (χ4n) is 12.7. The molecule has 0 aromatic heterocycles. The molecule has 83 heavy (non-hydrogen) atoms. The molecule has 0 N–H and O–H groups in total. The van der Waals surface area contributed by atoms with Crippen molar-refractivity contribution >= 4 is 11.4 Å². The molecule has 1 aliphatic rings. The number of aryl methyl sites for hydroxylation is 4. The second kappa shape index (κ2) is 56.5. The van der Waals surface area contributed by atoms with Crippen LogP contribution in [0.2, 0.25) is 10.8 Å². The van der Waals surface area contributed by atoms with Crippen LogP contribution in [0.5, 0.6) is 0 Å². The minimum Gasteiger partial charge on any atom is -0.0654 e. The van der Waals surface area contributed by atoms with Gasteiger partial charge in [-0.1, -0.05) is 196 Å². The van der Waals surface area contributed by atoms with Crippen LogP contribution < -0.4 is 0 Å². The Morgan fingerprint density at radius 1 is 0.241 bits per heavy atom. The van der Waals surface area contributed by atoms with E-state index in [0.29, 0.717) is 0 Å². The van der Waals surface area contributed by atoms with Crippen LogP contribution in [-0.2, 0) is 40.1 Å². The predicted molar refractivity (Wildman–Crippen MR) is 371 cm³/mol. The zero-order valence-corrected chi connectivity index (χ0v) is 58.3. The van der Waals surface area contributed by atoms with Crippen LogP contribution in [0.1, 0.15) is 410 Å². The van der Waals surface area contributed by atoms with Crippen LogP contribution in [0.4, 0.5) is 0 Å². The molecule has 3 heteroatoms. The molecule has 2 aromatic rings. The van der Waals surface area contributed by atoms with Gasteiger partial charge in [0.15, 0.2) is 0 Å². The normalized spacial score (nSPS) is 12.7. The van der Waals surface area contributed by atoms with E-state index in [2.05, 4.69) is 91.8 Å². The van der Waals surface area contributed by atoms with E-state index in [1.807, 2.05) is 14.4 Å². The first-order valence-corrected chi connectivity index (χ1v) is 39.0. The molecule has 3 rings (SSSR count).